The largest absolute Gasteiger partial charge is 0.480 e. The molecule has 0 amide bonds. The van der Waals surface area contributed by atoms with Gasteiger partial charge < -0.3 is 14.5 Å². The van der Waals surface area contributed by atoms with Crippen molar-refractivity contribution in [1.82, 2.24) is 29.7 Å². The van der Waals surface area contributed by atoms with Gasteiger partial charge in [-0.3, -0.25) is 4.98 Å². The lowest BCUT2D eigenvalue weighted by Gasteiger charge is -2.36. The van der Waals surface area contributed by atoms with Crippen LogP contribution in [0.5, 0.6) is 5.88 Å². The van der Waals surface area contributed by atoms with Crippen LogP contribution in [0, 0.1) is 0 Å². The van der Waals surface area contributed by atoms with E-state index in [0.717, 1.165) is 54.4 Å². The Kier molecular flexibility index (Phi) is 4.39. The number of methoxy groups -OCH3 is 1. The molecule has 1 aromatic carbocycles. The third kappa shape index (κ3) is 3.31. The number of ether oxygens (including phenoxy) is 1. The van der Waals surface area contributed by atoms with E-state index >= 15 is 0 Å². The summed E-state index contributed by atoms with van der Waals surface area (Å²) in [4.78, 5) is 22.2. The number of benzene rings is 1. The van der Waals surface area contributed by atoms with E-state index in [4.69, 9.17) is 9.72 Å². The summed E-state index contributed by atoms with van der Waals surface area (Å²) in [6, 6.07) is 8.08. The van der Waals surface area contributed by atoms with Gasteiger partial charge in [0.25, 0.3) is 0 Å². The van der Waals surface area contributed by atoms with Gasteiger partial charge in [-0.05, 0) is 24.3 Å². The lowest BCUT2D eigenvalue weighted by molar-refractivity contribution is 0.402. The number of hydrogen-bond acceptors (Lipinski definition) is 8. The molecule has 9 nitrogen and oxygen atoms in total. The highest BCUT2D eigenvalue weighted by Crippen LogP contribution is 2.27. The van der Waals surface area contributed by atoms with E-state index in [-0.39, 0.29) is 0 Å². The number of hydrogen-bond donors (Lipinski definition) is 0. The summed E-state index contributed by atoms with van der Waals surface area (Å²) < 4.78 is 7.11. The van der Waals surface area contributed by atoms with E-state index in [0.29, 0.717) is 5.88 Å². The van der Waals surface area contributed by atoms with Crippen molar-refractivity contribution >= 4 is 22.4 Å². The van der Waals surface area contributed by atoms with Gasteiger partial charge in [0, 0.05) is 44.3 Å². The van der Waals surface area contributed by atoms with Crippen molar-refractivity contribution in [3.63, 3.8) is 0 Å². The number of piperazine rings is 1. The van der Waals surface area contributed by atoms with E-state index in [1.807, 2.05) is 18.3 Å². The van der Waals surface area contributed by atoms with E-state index in [1.54, 1.807) is 30.4 Å². The molecular formula is C20H20N8O. The van der Waals surface area contributed by atoms with Gasteiger partial charge in [-0.15, -0.1) is 0 Å². The Labute approximate surface area is 167 Å². The molecule has 0 saturated carbocycles. The highest BCUT2D eigenvalue weighted by Gasteiger charge is 2.20. The minimum absolute atomic E-state index is 0.598. The average Bonchev–Trinajstić information content (AvgIpc) is 3.34. The molecule has 1 saturated heterocycles. The van der Waals surface area contributed by atoms with Gasteiger partial charge in [0.1, 0.15) is 12.1 Å². The Bertz CT molecular complexity index is 1120. The summed E-state index contributed by atoms with van der Waals surface area (Å²) in [5, 5.41) is 5.15. The molecule has 0 aliphatic carbocycles. The van der Waals surface area contributed by atoms with Crippen molar-refractivity contribution in [2.45, 2.75) is 0 Å². The second-order valence-corrected chi connectivity index (χ2v) is 6.74. The highest BCUT2D eigenvalue weighted by molar-refractivity contribution is 5.86. The Hall–Kier alpha value is -3.75. The van der Waals surface area contributed by atoms with E-state index in [2.05, 4.69) is 42.0 Å². The molecule has 4 heterocycles. The van der Waals surface area contributed by atoms with Crippen LogP contribution in [0.15, 0.2) is 55.4 Å². The van der Waals surface area contributed by atoms with Crippen LogP contribution < -0.4 is 14.5 Å². The van der Waals surface area contributed by atoms with Gasteiger partial charge in [-0.2, -0.15) is 5.10 Å². The molecule has 146 valence electrons. The highest BCUT2D eigenvalue weighted by atomic mass is 16.5. The van der Waals surface area contributed by atoms with Gasteiger partial charge >= 0.3 is 0 Å². The second kappa shape index (κ2) is 7.34. The van der Waals surface area contributed by atoms with Crippen LogP contribution in [-0.2, 0) is 0 Å². The molecule has 9 heteroatoms. The molecule has 1 aliphatic heterocycles. The van der Waals surface area contributed by atoms with Crippen LogP contribution in [0.25, 0.3) is 16.7 Å². The second-order valence-electron chi connectivity index (χ2n) is 6.74. The third-order valence-electron chi connectivity index (χ3n) is 5.09. The number of anilines is 2. The molecular weight excluding hydrogens is 368 g/mol. The van der Waals surface area contributed by atoms with Gasteiger partial charge in [0.2, 0.25) is 5.88 Å². The van der Waals surface area contributed by atoms with Crippen LogP contribution in [0.1, 0.15) is 0 Å². The van der Waals surface area contributed by atoms with Crippen molar-refractivity contribution in [3.8, 4) is 11.7 Å². The molecule has 0 radical (unpaired) electrons. The van der Waals surface area contributed by atoms with Gasteiger partial charge in [-0.25, -0.2) is 19.6 Å². The maximum absolute atomic E-state index is 5.39. The van der Waals surface area contributed by atoms with Crippen molar-refractivity contribution in [3.05, 3.63) is 55.4 Å². The summed E-state index contributed by atoms with van der Waals surface area (Å²) in [6.45, 7) is 3.49. The van der Waals surface area contributed by atoms with Crippen LogP contribution in [0.2, 0.25) is 0 Å². The van der Waals surface area contributed by atoms with Gasteiger partial charge in [-0.1, -0.05) is 0 Å². The quantitative estimate of drug-likeness (QED) is 0.524. The molecule has 3 aromatic heterocycles. The zero-order valence-corrected chi connectivity index (χ0v) is 16.0. The van der Waals surface area contributed by atoms with Crippen molar-refractivity contribution in [1.29, 1.82) is 0 Å². The fourth-order valence-electron chi connectivity index (χ4n) is 3.59. The number of aromatic nitrogens is 6. The van der Waals surface area contributed by atoms with Gasteiger partial charge in [0.05, 0.1) is 30.4 Å². The molecule has 4 aromatic rings. The minimum Gasteiger partial charge on any atom is -0.480 e. The maximum Gasteiger partial charge on any atom is 0.224 e. The molecule has 1 fully saturated rings. The van der Waals surface area contributed by atoms with Crippen molar-refractivity contribution < 1.29 is 4.74 Å². The van der Waals surface area contributed by atoms with Gasteiger partial charge in [0.15, 0.2) is 5.82 Å². The predicted molar refractivity (Wildman–Crippen MR) is 110 cm³/mol. The lowest BCUT2D eigenvalue weighted by atomic mass is 10.2. The lowest BCUT2D eigenvalue weighted by Crippen LogP contribution is -2.46. The predicted octanol–water partition coefficient (Wildman–Crippen LogP) is 1.94. The molecule has 0 unspecified atom stereocenters. The first-order valence-electron chi connectivity index (χ1n) is 9.42. The molecule has 0 spiro atoms. The van der Waals surface area contributed by atoms with E-state index in [1.165, 1.54) is 6.33 Å². The molecule has 0 N–H and O–H groups in total. The number of nitrogens with zero attached hydrogens (tertiary/aromatic N) is 8. The normalized spacial score (nSPS) is 14.4. The zero-order chi connectivity index (χ0) is 19.6. The summed E-state index contributed by atoms with van der Waals surface area (Å²) in [5.74, 6) is 2.18. The fourth-order valence-corrected chi connectivity index (χ4v) is 3.59. The summed E-state index contributed by atoms with van der Waals surface area (Å²) in [7, 11) is 1.63. The Balaban J connectivity index is 1.33. The molecule has 0 bridgehead atoms. The third-order valence-corrected chi connectivity index (χ3v) is 5.09. The molecule has 29 heavy (non-hydrogen) atoms. The summed E-state index contributed by atoms with van der Waals surface area (Å²) in [6.07, 6.45) is 8.65. The standard InChI is InChI=1S/C20H20N8O/c1-29-20-16-11-15(3-4-17(16)22-14-23-20)26-7-9-27(10-8-26)18-12-21-13-19(25-18)28-6-2-5-24-28/h2-6,11-14H,7-10H2,1H3. The Morgan fingerprint density at radius 1 is 0.966 bits per heavy atom. The average molecular weight is 388 g/mol. The molecule has 1 aliphatic rings. The van der Waals surface area contributed by atoms with E-state index < -0.39 is 0 Å². The number of rotatable bonds is 4. The van der Waals surface area contributed by atoms with Crippen LogP contribution in [-0.4, -0.2) is 63.0 Å². The van der Waals surface area contributed by atoms with Crippen LogP contribution in [0.3, 0.4) is 0 Å². The summed E-state index contributed by atoms with van der Waals surface area (Å²) >= 11 is 0. The smallest absolute Gasteiger partial charge is 0.224 e. The molecule has 5 rings (SSSR count). The Morgan fingerprint density at radius 2 is 1.79 bits per heavy atom. The monoisotopic (exact) mass is 388 g/mol. The zero-order valence-electron chi connectivity index (χ0n) is 16.0. The Morgan fingerprint density at radius 3 is 2.59 bits per heavy atom. The first kappa shape index (κ1) is 17.4. The first-order valence-corrected chi connectivity index (χ1v) is 9.42. The van der Waals surface area contributed by atoms with Crippen LogP contribution >= 0.6 is 0 Å². The van der Waals surface area contributed by atoms with Crippen molar-refractivity contribution in [2.24, 2.45) is 0 Å². The summed E-state index contributed by atoms with van der Waals surface area (Å²) in [5.41, 5.74) is 2.02. The minimum atomic E-state index is 0.598. The maximum atomic E-state index is 5.39. The first-order chi connectivity index (χ1) is 14.3. The molecule has 0 atom stereocenters. The van der Waals surface area contributed by atoms with E-state index in [9.17, 15) is 0 Å². The van der Waals surface area contributed by atoms with Crippen LogP contribution in [0.4, 0.5) is 11.5 Å². The SMILES string of the molecule is COc1ncnc2ccc(N3CCN(c4cncc(-n5cccn5)n4)CC3)cc12. The van der Waals surface area contributed by atoms with Crippen molar-refractivity contribution in [2.75, 3.05) is 43.1 Å². The topological polar surface area (TPSA) is 85.1 Å². The number of fused-ring (bicyclic) bond motifs is 1. The fraction of sp³-hybridized carbons (Fsp3) is 0.250.